The minimum Gasteiger partial charge on any atom is -0.276 e. The number of halogens is 2. The van der Waals surface area contributed by atoms with Gasteiger partial charge in [0.05, 0.1) is 5.69 Å². The van der Waals surface area contributed by atoms with Crippen LogP contribution in [0.2, 0.25) is 0 Å². The van der Waals surface area contributed by atoms with Gasteiger partial charge in [0.1, 0.15) is 4.90 Å². The van der Waals surface area contributed by atoms with Crippen molar-refractivity contribution >= 4 is 47.7 Å². The van der Waals surface area contributed by atoms with Crippen LogP contribution in [0.5, 0.6) is 0 Å². The third-order valence-corrected chi connectivity index (χ3v) is 6.97. The SMILES string of the molecule is Cc1cc(C)c(-c2cc(NS(=O)(=O)c3cc(Br)ccc3Br)n[nH]2)cc1C. The molecule has 0 saturated carbocycles. The number of hydrogen-bond acceptors (Lipinski definition) is 3. The summed E-state index contributed by atoms with van der Waals surface area (Å²) in [6.07, 6.45) is 0. The van der Waals surface area contributed by atoms with Crippen LogP contribution in [0.1, 0.15) is 16.7 Å². The van der Waals surface area contributed by atoms with Crippen LogP contribution in [-0.2, 0) is 10.0 Å². The van der Waals surface area contributed by atoms with Crippen molar-refractivity contribution in [3.05, 3.63) is 62.0 Å². The van der Waals surface area contributed by atoms with Crippen molar-refractivity contribution in [2.45, 2.75) is 25.7 Å². The fourth-order valence-electron chi connectivity index (χ4n) is 2.64. The van der Waals surface area contributed by atoms with Gasteiger partial charge in [0.15, 0.2) is 5.82 Å². The van der Waals surface area contributed by atoms with Gasteiger partial charge in [0.25, 0.3) is 10.0 Å². The summed E-state index contributed by atoms with van der Waals surface area (Å²) in [6.45, 7) is 6.13. The Hall–Kier alpha value is -1.64. The Kier molecular flexibility index (Phi) is 5.28. The van der Waals surface area contributed by atoms with Gasteiger partial charge in [-0.3, -0.25) is 9.82 Å². The molecule has 136 valence electrons. The zero-order valence-corrected chi connectivity index (χ0v) is 18.4. The second kappa shape index (κ2) is 7.17. The van der Waals surface area contributed by atoms with E-state index in [1.165, 1.54) is 17.2 Å². The first-order chi connectivity index (χ1) is 12.2. The fourth-order valence-corrected chi connectivity index (χ4v) is 5.13. The fraction of sp³-hybridized carbons (Fsp3) is 0.167. The number of aromatic nitrogens is 2. The molecule has 2 N–H and O–H groups in total. The average molecular weight is 499 g/mol. The van der Waals surface area contributed by atoms with E-state index in [0.29, 0.717) is 8.95 Å². The highest BCUT2D eigenvalue weighted by atomic mass is 79.9. The molecule has 3 aromatic rings. The summed E-state index contributed by atoms with van der Waals surface area (Å²) in [7, 11) is -3.77. The van der Waals surface area contributed by atoms with Crippen LogP contribution >= 0.6 is 31.9 Å². The molecule has 0 aliphatic heterocycles. The summed E-state index contributed by atoms with van der Waals surface area (Å²) >= 11 is 6.57. The van der Waals surface area contributed by atoms with Gasteiger partial charge in [0, 0.05) is 20.6 Å². The normalized spacial score (nSPS) is 11.6. The molecule has 26 heavy (non-hydrogen) atoms. The van der Waals surface area contributed by atoms with E-state index >= 15 is 0 Å². The summed E-state index contributed by atoms with van der Waals surface area (Å²) in [5.41, 5.74) is 5.23. The molecule has 3 rings (SSSR count). The zero-order valence-electron chi connectivity index (χ0n) is 14.4. The van der Waals surface area contributed by atoms with Gasteiger partial charge >= 0.3 is 0 Å². The van der Waals surface area contributed by atoms with Gasteiger partial charge < -0.3 is 0 Å². The maximum absolute atomic E-state index is 12.7. The Morgan fingerprint density at radius 1 is 0.962 bits per heavy atom. The van der Waals surface area contributed by atoms with Crippen molar-refractivity contribution in [2.75, 3.05) is 4.72 Å². The van der Waals surface area contributed by atoms with Gasteiger partial charge in [-0.05, 0) is 77.7 Å². The number of nitrogens with zero attached hydrogens (tertiary/aromatic N) is 1. The second-order valence-corrected chi connectivity index (χ2v) is 9.52. The molecule has 2 aromatic carbocycles. The van der Waals surface area contributed by atoms with Crippen molar-refractivity contribution in [1.82, 2.24) is 10.2 Å². The molecule has 0 radical (unpaired) electrons. The Labute approximate surface area is 169 Å². The van der Waals surface area contributed by atoms with Crippen LogP contribution in [0.3, 0.4) is 0 Å². The van der Waals surface area contributed by atoms with Gasteiger partial charge in [-0.15, -0.1) is 0 Å². The van der Waals surface area contributed by atoms with E-state index in [2.05, 4.69) is 65.8 Å². The van der Waals surface area contributed by atoms with E-state index in [4.69, 9.17) is 0 Å². The van der Waals surface area contributed by atoms with E-state index in [1.54, 1.807) is 18.2 Å². The van der Waals surface area contributed by atoms with Crippen LogP contribution in [0, 0.1) is 20.8 Å². The van der Waals surface area contributed by atoms with Crippen LogP contribution in [0.15, 0.2) is 50.2 Å². The van der Waals surface area contributed by atoms with Gasteiger partial charge in [-0.25, -0.2) is 8.42 Å². The first kappa shape index (κ1) is 19.1. The number of anilines is 1. The lowest BCUT2D eigenvalue weighted by Gasteiger charge is -2.08. The van der Waals surface area contributed by atoms with Crippen molar-refractivity contribution in [3.63, 3.8) is 0 Å². The van der Waals surface area contributed by atoms with Gasteiger partial charge in [-0.2, -0.15) is 5.10 Å². The number of nitrogens with one attached hydrogen (secondary N) is 2. The number of benzene rings is 2. The quantitative estimate of drug-likeness (QED) is 0.510. The Bertz CT molecular complexity index is 1090. The molecular formula is C18H17Br2N3O2S. The van der Waals surface area contributed by atoms with E-state index < -0.39 is 10.0 Å². The summed E-state index contributed by atoms with van der Waals surface area (Å²) in [5, 5.41) is 7.02. The Morgan fingerprint density at radius 2 is 1.65 bits per heavy atom. The van der Waals surface area contributed by atoms with E-state index in [9.17, 15) is 8.42 Å². The van der Waals surface area contributed by atoms with Crippen LogP contribution in [0.25, 0.3) is 11.3 Å². The average Bonchev–Trinajstić information content (AvgIpc) is 3.00. The first-order valence-corrected chi connectivity index (χ1v) is 10.9. The molecule has 0 bridgehead atoms. The highest BCUT2D eigenvalue weighted by molar-refractivity contribution is 9.11. The lowest BCUT2D eigenvalue weighted by molar-refractivity contribution is 0.600. The monoisotopic (exact) mass is 497 g/mol. The molecule has 0 aliphatic rings. The molecule has 0 saturated heterocycles. The lowest BCUT2D eigenvalue weighted by atomic mass is 9.99. The molecule has 0 fully saturated rings. The summed E-state index contributed by atoms with van der Waals surface area (Å²) in [5.74, 6) is 0.240. The van der Waals surface area contributed by atoms with Crippen molar-refractivity contribution in [1.29, 1.82) is 0 Å². The van der Waals surface area contributed by atoms with Crippen molar-refractivity contribution < 1.29 is 8.42 Å². The number of sulfonamides is 1. The van der Waals surface area contributed by atoms with E-state index in [-0.39, 0.29) is 10.7 Å². The molecule has 5 nitrogen and oxygen atoms in total. The predicted molar refractivity (Wildman–Crippen MR) is 111 cm³/mol. The maximum Gasteiger partial charge on any atom is 0.264 e. The molecule has 8 heteroatoms. The summed E-state index contributed by atoms with van der Waals surface area (Å²) in [6, 6.07) is 10.8. The molecule has 0 amide bonds. The first-order valence-electron chi connectivity index (χ1n) is 7.79. The second-order valence-electron chi connectivity index (χ2n) is 6.10. The highest BCUT2D eigenvalue weighted by Crippen LogP contribution is 2.29. The smallest absolute Gasteiger partial charge is 0.264 e. The number of aryl methyl sites for hydroxylation is 3. The van der Waals surface area contributed by atoms with Crippen LogP contribution < -0.4 is 4.72 Å². The molecule has 1 heterocycles. The maximum atomic E-state index is 12.7. The Morgan fingerprint density at radius 3 is 2.38 bits per heavy atom. The number of aromatic amines is 1. The molecule has 1 aromatic heterocycles. The number of H-pyrrole nitrogens is 1. The van der Waals surface area contributed by atoms with Gasteiger partial charge in [0.2, 0.25) is 0 Å². The standard InChI is InChI=1S/C18H17Br2N3O2S/c1-10-6-12(3)14(7-11(10)2)16-9-18(22-21-16)23-26(24,25)17-8-13(19)4-5-15(17)20/h4-9H,1-3H3,(H2,21,22,23). The largest absolute Gasteiger partial charge is 0.276 e. The van der Waals surface area contributed by atoms with Gasteiger partial charge in [-0.1, -0.05) is 22.0 Å². The molecule has 0 unspecified atom stereocenters. The van der Waals surface area contributed by atoms with E-state index in [0.717, 1.165) is 16.8 Å². The minimum atomic E-state index is -3.77. The lowest BCUT2D eigenvalue weighted by Crippen LogP contribution is -2.13. The molecule has 0 aliphatic carbocycles. The molecule has 0 spiro atoms. The third-order valence-electron chi connectivity index (χ3n) is 4.13. The minimum absolute atomic E-state index is 0.138. The van der Waals surface area contributed by atoms with Crippen molar-refractivity contribution in [2.24, 2.45) is 0 Å². The van der Waals surface area contributed by atoms with Crippen LogP contribution in [-0.4, -0.2) is 18.6 Å². The van der Waals surface area contributed by atoms with Crippen LogP contribution in [0.4, 0.5) is 5.82 Å². The third kappa shape index (κ3) is 3.87. The van der Waals surface area contributed by atoms with E-state index in [1.807, 2.05) is 13.8 Å². The zero-order chi connectivity index (χ0) is 19.1. The topological polar surface area (TPSA) is 74.8 Å². The van der Waals surface area contributed by atoms with Crippen molar-refractivity contribution in [3.8, 4) is 11.3 Å². The number of rotatable bonds is 4. The highest BCUT2D eigenvalue weighted by Gasteiger charge is 2.20. The Balaban J connectivity index is 1.94. The number of hydrogen-bond donors (Lipinski definition) is 2. The molecule has 0 atom stereocenters. The molecular weight excluding hydrogens is 482 g/mol. The predicted octanol–water partition coefficient (Wildman–Crippen LogP) is 5.33. The summed E-state index contributed by atoms with van der Waals surface area (Å²) in [4.78, 5) is 0.138. The summed E-state index contributed by atoms with van der Waals surface area (Å²) < 4.78 is 29.0.